The van der Waals surface area contributed by atoms with Crippen LogP contribution in [0.5, 0.6) is 11.6 Å². The van der Waals surface area contributed by atoms with Gasteiger partial charge in [0, 0.05) is 43.8 Å². The molecule has 2 aromatic rings. The fourth-order valence-electron chi connectivity index (χ4n) is 3.27. The average molecular weight is 383 g/mol. The smallest absolute Gasteiger partial charge is 0.253 e. The van der Waals surface area contributed by atoms with Gasteiger partial charge in [0.05, 0.1) is 6.61 Å². The van der Waals surface area contributed by atoms with Gasteiger partial charge in [0.1, 0.15) is 17.7 Å². The predicted molar refractivity (Wildman–Crippen MR) is 108 cm³/mol. The van der Waals surface area contributed by atoms with Crippen LogP contribution in [0.15, 0.2) is 36.5 Å². The topological polar surface area (TPSA) is 64.5 Å². The zero-order chi connectivity index (χ0) is 19.8. The second-order valence-corrected chi connectivity index (χ2v) is 7.13. The number of unbranched alkanes of at least 4 members (excludes halogenated alkanes) is 2. The lowest BCUT2D eigenvalue weighted by atomic mass is 10.1. The molecule has 6 heteroatoms. The number of aromatic nitrogens is 2. The molecular formula is C22H29N3O3. The van der Waals surface area contributed by atoms with Crippen molar-refractivity contribution < 1.29 is 14.3 Å². The zero-order valence-electron chi connectivity index (χ0n) is 16.8. The van der Waals surface area contributed by atoms with E-state index in [1.807, 2.05) is 36.1 Å². The maximum Gasteiger partial charge on any atom is 0.253 e. The molecule has 1 aliphatic rings. The van der Waals surface area contributed by atoms with E-state index in [9.17, 15) is 4.79 Å². The van der Waals surface area contributed by atoms with Gasteiger partial charge in [0.25, 0.3) is 5.91 Å². The second-order valence-electron chi connectivity index (χ2n) is 7.13. The molecule has 0 saturated carbocycles. The van der Waals surface area contributed by atoms with Crippen molar-refractivity contribution >= 4 is 5.91 Å². The SMILES string of the molecule is CCCCCOc1ccc(C(=O)N2CCC(Oc3ccnc(C)n3)CC2)cc1. The summed E-state index contributed by atoms with van der Waals surface area (Å²) >= 11 is 0. The molecule has 0 aliphatic carbocycles. The molecule has 0 N–H and O–H groups in total. The largest absolute Gasteiger partial charge is 0.494 e. The highest BCUT2D eigenvalue weighted by Crippen LogP contribution is 2.20. The van der Waals surface area contributed by atoms with Crippen molar-refractivity contribution in [3.05, 3.63) is 47.9 Å². The summed E-state index contributed by atoms with van der Waals surface area (Å²) in [5.41, 5.74) is 0.701. The zero-order valence-corrected chi connectivity index (χ0v) is 16.8. The summed E-state index contributed by atoms with van der Waals surface area (Å²) in [5.74, 6) is 2.18. The van der Waals surface area contributed by atoms with Crippen LogP contribution in [0.4, 0.5) is 0 Å². The molecule has 1 aliphatic heterocycles. The summed E-state index contributed by atoms with van der Waals surface area (Å²) in [6.45, 7) is 6.11. The molecule has 150 valence electrons. The number of carbonyl (C=O) groups excluding carboxylic acids is 1. The molecule has 2 heterocycles. The van der Waals surface area contributed by atoms with Gasteiger partial charge in [-0.3, -0.25) is 4.79 Å². The number of carbonyl (C=O) groups is 1. The molecule has 1 amide bonds. The van der Waals surface area contributed by atoms with Crippen LogP contribution >= 0.6 is 0 Å². The summed E-state index contributed by atoms with van der Waals surface area (Å²) < 4.78 is 11.7. The van der Waals surface area contributed by atoms with Gasteiger partial charge in [-0.2, -0.15) is 4.98 Å². The first-order valence-electron chi connectivity index (χ1n) is 10.1. The number of aryl methyl sites for hydroxylation is 1. The number of nitrogens with zero attached hydrogens (tertiary/aromatic N) is 3. The Bertz CT molecular complexity index is 756. The Labute approximate surface area is 166 Å². The number of hydrogen-bond acceptors (Lipinski definition) is 5. The molecule has 3 rings (SSSR count). The lowest BCUT2D eigenvalue weighted by Gasteiger charge is -2.32. The first kappa shape index (κ1) is 20.1. The Kier molecular flexibility index (Phi) is 7.23. The van der Waals surface area contributed by atoms with Gasteiger partial charge in [-0.15, -0.1) is 0 Å². The Morgan fingerprint density at radius 1 is 1.14 bits per heavy atom. The number of piperidine rings is 1. The van der Waals surface area contributed by atoms with Crippen LogP contribution in [-0.4, -0.2) is 46.6 Å². The van der Waals surface area contributed by atoms with E-state index in [2.05, 4.69) is 16.9 Å². The van der Waals surface area contributed by atoms with E-state index >= 15 is 0 Å². The van der Waals surface area contributed by atoms with Crippen LogP contribution in [0.2, 0.25) is 0 Å². The monoisotopic (exact) mass is 383 g/mol. The highest BCUT2D eigenvalue weighted by molar-refractivity contribution is 5.94. The van der Waals surface area contributed by atoms with Gasteiger partial charge in [-0.25, -0.2) is 4.98 Å². The van der Waals surface area contributed by atoms with Gasteiger partial charge < -0.3 is 14.4 Å². The predicted octanol–water partition coefficient (Wildman–Crippen LogP) is 4.04. The van der Waals surface area contributed by atoms with E-state index in [-0.39, 0.29) is 12.0 Å². The van der Waals surface area contributed by atoms with Gasteiger partial charge in [0.2, 0.25) is 5.88 Å². The van der Waals surface area contributed by atoms with Crippen LogP contribution in [0.25, 0.3) is 0 Å². The van der Waals surface area contributed by atoms with E-state index in [0.717, 1.165) is 31.6 Å². The first-order valence-corrected chi connectivity index (χ1v) is 10.1. The van der Waals surface area contributed by atoms with Crippen molar-refractivity contribution in [2.75, 3.05) is 19.7 Å². The standard InChI is InChI=1S/C22H29N3O3/c1-3-4-5-16-27-19-8-6-18(7-9-19)22(26)25-14-11-20(12-15-25)28-21-10-13-23-17(2)24-21/h6-10,13,20H,3-5,11-12,14-16H2,1-2H3. The van der Waals surface area contributed by atoms with Gasteiger partial charge in [-0.05, 0) is 37.6 Å². The van der Waals surface area contributed by atoms with Crippen molar-refractivity contribution in [1.29, 1.82) is 0 Å². The Balaban J connectivity index is 1.46. The fourth-order valence-corrected chi connectivity index (χ4v) is 3.27. The summed E-state index contributed by atoms with van der Waals surface area (Å²) in [7, 11) is 0. The summed E-state index contributed by atoms with van der Waals surface area (Å²) in [6.07, 6.45) is 6.79. The van der Waals surface area contributed by atoms with Crippen LogP contribution < -0.4 is 9.47 Å². The van der Waals surface area contributed by atoms with Gasteiger partial charge in [0.15, 0.2) is 0 Å². The van der Waals surface area contributed by atoms with Gasteiger partial charge in [-0.1, -0.05) is 19.8 Å². The van der Waals surface area contributed by atoms with Crippen LogP contribution in [0, 0.1) is 6.92 Å². The molecule has 0 spiro atoms. The minimum absolute atomic E-state index is 0.0638. The van der Waals surface area contributed by atoms with Crippen molar-refractivity contribution in [2.24, 2.45) is 0 Å². The van der Waals surface area contributed by atoms with Crippen molar-refractivity contribution in [1.82, 2.24) is 14.9 Å². The molecule has 1 aromatic heterocycles. The minimum atomic E-state index is 0.0638. The Morgan fingerprint density at radius 2 is 1.89 bits per heavy atom. The van der Waals surface area contributed by atoms with Gasteiger partial charge >= 0.3 is 0 Å². The third-order valence-electron chi connectivity index (χ3n) is 4.88. The van der Waals surface area contributed by atoms with E-state index in [1.54, 1.807) is 12.3 Å². The molecule has 0 atom stereocenters. The van der Waals surface area contributed by atoms with E-state index in [4.69, 9.17) is 9.47 Å². The van der Waals surface area contributed by atoms with Crippen LogP contribution in [-0.2, 0) is 0 Å². The minimum Gasteiger partial charge on any atom is -0.494 e. The third kappa shape index (κ3) is 5.68. The molecule has 0 bridgehead atoms. The van der Waals surface area contributed by atoms with Crippen molar-refractivity contribution in [3.8, 4) is 11.6 Å². The lowest BCUT2D eigenvalue weighted by molar-refractivity contribution is 0.0587. The molecule has 0 radical (unpaired) electrons. The normalized spacial score (nSPS) is 14.7. The maximum absolute atomic E-state index is 12.7. The summed E-state index contributed by atoms with van der Waals surface area (Å²) in [4.78, 5) is 23.0. The van der Waals surface area contributed by atoms with Crippen molar-refractivity contribution in [3.63, 3.8) is 0 Å². The number of benzene rings is 1. The van der Waals surface area contributed by atoms with E-state index in [0.29, 0.717) is 30.4 Å². The molecular weight excluding hydrogens is 354 g/mol. The average Bonchev–Trinajstić information content (AvgIpc) is 2.72. The molecule has 1 saturated heterocycles. The molecule has 0 unspecified atom stereocenters. The van der Waals surface area contributed by atoms with E-state index < -0.39 is 0 Å². The third-order valence-corrected chi connectivity index (χ3v) is 4.88. The first-order chi connectivity index (χ1) is 13.7. The van der Waals surface area contributed by atoms with E-state index in [1.165, 1.54) is 12.8 Å². The summed E-state index contributed by atoms with van der Waals surface area (Å²) in [5, 5.41) is 0. The highest BCUT2D eigenvalue weighted by atomic mass is 16.5. The Hall–Kier alpha value is -2.63. The number of ether oxygens (including phenoxy) is 2. The molecule has 1 fully saturated rings. The highest BCUT2D eigenvalue weighted by Gasteiger charge is 2.25. The molecule has 1 aromatic carbocycles. The second kappa shape index (κ2) is 10.1. The van der Waals surface area contributed by atoms with Crippen LogP contribution in [0.3, 0.4) is 0 Å². The molecule has 6 nitrogen and oxygen atoms in total. The summed E-state index contributed by atoms with van der Waals surface area (Å²) in [6, 6.07) is 9.24. The van der Waals surface area contributed by atoms with Crippen molar-refractivity contribution in [2.45, 2.75) is 52.1 Å². The number of likely N-dealkylation sites (tertiary alicyclic amines) is 1. The maximum atomic E-state index is 12.7. The Morgan fingerprint density at radius 3 is 2.57 bits per heavy atom. The number of hydrogen-bond donors (Lipinski definition) is 0. The molecule has 28 heavy (non-hydrogen) atoms. The number of rotatable bonds is 8. The quantitative estimate of drug-likeness (QED) is 0.644. The van der Waals surface area contributed by atoms with Crippen LogP contribution in [0.1, 0.15) is 55.2 Å². The lowest BCUT2D eigenvalue weighted by Crippen LogP contribution is -2.41. The number of amides is 1. The fraction of sp³-hybridized carbons (Fsp3) is 0.500.